The number of nitrogens with one attached hydrogen (secondary N) is 1. The second kappa shape index (κ2) is 7.43. The van der Waals surface area contributed by atoms with Crippen molar-refractivity contribution in [3.8, 4) is 22.1 Å². The molecule has 2 aromatic carbocycles. The molecule has 0 radical (unpaired) electrons. The van der Waals surface area contributed by atoms with Gasteiger partial charge in [-0.2, -0.15) is 0 Å². The van der Waals surface area contributed by atoms with Gasteiger partial charge in [0.1, 0.15) is 10.0 Å². The first-order chi connectivity index (χ1) is 15.8. The maximum absolute atomic E-state index is 5.54. The summed E-state index contributed by atoms with van der Waals surface area (Å²) >= 11 is 5.31. The lowest BCUT2D eigenvalue weighted by Crippen LogP contribution is -1.93. The number of nitrogens with zero attached hydrogens (tertiary/aromatic N) is 2. The van der Waals surface area contributed by atoms with Crippen molar-refractivity contribution in [2.24, 2.45) is 0 Å². The Hall–Kier alpha value is -2.68. The molecule has 0 fully saturated rings. The third-order valence-electron chi connectivity index (χ3n) is 6.03. The smallest absolute Gasteiger partial charge is 0.231 e. The molecule has 0 unspecified atom stereocenters. The number of ether oxygens (including phenoxy) is 2. The predicted molar refractivity (Wildman–Crippen MR) is 133 cm³/mol. The van der Waals surface area contributed by atoms with Crippen LogP contribution < -0.4 is 14.8 Å². The minimum atomic E-state index is 0.282. The summed E-state index contributed by atoms with van der Waals surface area (Å²) in [7, 11) is 0. The van der Waals surface area contributed by atoms with Gasteiger partial charge in [0, 0.05) is 22.6 Å². The monoisotopic (exact) mass is 477 g/mol. The summed E-state index contributed by atoms with van der Waals surface area (Å²) in [5.74, 6) is 1.57. The van der Waals surface area contributed by atoms with E-state index in [4.69, 9.17) is 19.4 Å². The number of benzene rings is 2. The second-order valence-electron chi connectivity index (χ2n) is 8.07. The maximum atomic E-state index is 5.54. The van der Waals surface area contributed by atoms with Gasteiger partial charge < -0.3 is 14.8 Å². The second-order valence-corrected chi connectivity index (χ2v) is 11.2. The van der Waals surface area contributed by atoms with E-state index in [0.29, 0.717) is 0 Å². The first-order valence-corrected chi connectivity index (χ1v) is 13.2. The van der Waals surface area contributed by atoms with Gasteiger partial charge in [-0.15, -0.1) is 22.7 Å². The Morgan fingerprint density at radius 3 is 2.62 bits per heavy atom. The van der Waals surface area contributed by atoms with Crippen LogP contribution >= 0.6 is 34.0 Å². The Morgan fingerprint density at radius 2 is 1.69 bits per heavy atom. The van der Waals surface area contributed by atoms with Crippen LogP contribution in [-0.2, 0) is 12.8 Å². The number of hydrogen-bond donors (Lipinski definition) is 1. The van der Waals surface area contributed by atoms with E-state index in [2.05, 4.69) is 29.6 Å². The molecule has 8 heteroatoms. The van der Waals surface area contributed by atoms with E-state index in [-0.39, 0.29) is 6.79 Å². The van der Waals surface area contributed by atoms with Crippen molar-refractivity contribution in [1.82, 2.24) is 9.97 Å². The Bertz CT molecular complexity index is 1410. The quantitative estimate of drug-likeness (QED) is 0.275. The lowest BCUT2D eigenvalue weighted by molar-refractivity contribution is 0.174. The number of thiophene rings is 1. The summed E-state index contributed by atoms with van der Waals surface area (Å²) in [6, 6.07) is 12.4. The molecule has 4 heterocycles. The number of thiazole rings is 2. The highest BCUT2D eigenvalue weighted by molar-refractivity contribution is 7.24. The van der Waals surface area contributed by atoms with Crippen LogP contribution in [0.15, 0.2) is 36.4 Å². The molecule has 5 aromatic rings. The van der Waals surface area contributed by atoms with Crippen LogP contribution in [0.5, 0.6) is 11.5 Å². The molecule has 5 nitrogen and oxygen atoms in total. The molecule has 2 aliphatic rings. The summed E-state index contributed by atoms with van der Waals surface area (Å²) in [5.41, 5.74) is 4.76. The minimum absolute atomic E-state index is 0.282. The predicted octanol–water partition coefficient (Wildman–Crippen LogP) is 7.38. The van der Waals surface area contributed by atoms with E-state index in [1.54, 1.807) is 22.7 Å². The number of fused-ring (bicyclic) bond motifs is 4. The Kier molecular flexibility index (Phi) is 4.38. The zero-order valence-electron chi connectivity index (χ0n) is 17.1. The van der Waals surface area contributed by atoms with Crippen molar-refractivity contribution in [3.63, 3.8) is 0 Å². The van der Waals surface area contributed by atoms with Crippen molar-refractivity contribution in [3.05, 3.63) is 46.8 Å². The number of anilines is 2. The third-order valence-corrected chi connectivity index (χ3v) is 9.23. The summed E-state index contributed by atoms with van der Waals surface area (Å²) < 4.78 is 13.4. The number of aryl methyl sites for hydroxylation is 1. The Balaban J connectivity index is 1.34. The fraction of sp³-hybridized carbons (Fsp3) is 0.250. The van der Waals surface area contributed by atoms with Crippen molar-refractivity contribution >= 4 is 64.6 Å². The van der Waals surface area contributed by atoms with E-state index in [1.807, 2.05) is 23.5 Å². The number of aromatic nitrogens is 2. The molecule has 0 spiro atoms. The van der Waals surface area contributed by atoms with Crippen LogP contribution in [-0.4, -0.2) is 16.8 Å². The van der Waals surface area contributed by atoms with Gasteiger partial charge in [0.25, 0.3) is 0 Å². The molecule has 1 aliphatic heterocycles. The maximum Gasteiger partial charge on any atom is 0.231 e. The summed E-state index contributed by atoms with van der Waals surface area (Å²) in [5, 5.41) is 6.83. The molecule has 0 saturated heterocycles. The van der Waals surface area contributed by atoms with Gasteiger partial charge in [0.2, 0.25) is 6.79 Å². The van der Waals surface area contributed by atoms with Crippen LogP contribution in [0.2, 0.25) is 0 Å². The van der Waals surface area contributed by atoms with Gasteiger partial charge in [-0.05, 0) is 43.4 Å². The fourth-order valence-corrected chi connectivity index (χ4v) is 7.85. The highest BCUT2D eigenvalue weighted by Crippen LogP contribution is 2.47. The van der Waals surface area contributed by atoms with Gasteiger partial charge >= 0.3 is 0 Å². The van der Waals surface area contributed by atoms with Gasteiger partial charge in [0.05, 0.1) is 20.4 Å². The third kappa shape index (κ3) is 3.09. The van der Waals surface area contributed by atoms with Crippen molar-refractivity contribution in [2.75, 3.05) is 12.1 Å². The summed E-state index contributed by atoms with van der Waals surface area (Å²) in [4.78, 5) is 11.4. The van der Waals surface area contributed by atoms with E-state index in [9.17, 15) is 0 Å². The van der Waals surface area contributed by atoms with E-state index in [1.165, 1.54) is 40.0 Å². The molecule has 3 aromatic heterocycles. The van der Waals surface area contributed by atoms with Crippen molar-refractivity contribution in [1.29, 1.82) is 0 Å². The standard InChI is InChI=1S/C24H19N3O2S3/c1-2-6-13-18(8-3-1)30-23(21(13)22-25-14-7-4-5-9-19(14)31-22)27-24-26-15-10-16-17(29-12-28-16)11-20(15)32-24/h4-5,7,9-11H,1-3,6,8,12H2,(H,26,27). The lowest BCUT2D eigenvalue weighted by atomic mass is 10.1. The first kappa shape index (κ1) is 18.8. The number of hydrogen-bond acceptors (Lipinski definition) is 8. The molecular weight excluding hydrogens is 458 g/mol. The normalized spacial score (nSPS) is 15.2. The Labute approximate surface area is 196 Å². The average Bonchev–Trinajstić information content (AvgIpc) is 3.54. The van der Waals surface area contributed by atoms with Crippen LogP contribution in [0.1, 0.15) is 29.7 Å². The van der Waals surface area contributed by atoms with E-state index < -0.39 is 0 Å². The Morgan fingerprint density at radius 1 is 0.812 bits per heavy atom. The highest BCUT2D eigenvalue weighted by Gasteiger charge is 2.24. The largest absolute Gasteiger partial charge is 0.454 e. The molecule has 32 heavy (non-hydrogen) atoms. The first-order valence-electron chi connectivity index (χ1n) is 10.8. The van der Waals surface area contributed by atoms with Gasteiger partial charge in [-0.3, -0.25) is 0 Å². The van der Waals surface area contributed by atoms with Gasteiger partial charge in [-0.1, -0.05) is 29.9 Å². The zero-order valence-corrected chi connectivity index (χ0v) is 19.6. The molecule has 0 amide bonds. The van der Waals surface area contributed by atoms with Crippen LogP contribution in [0, 0.1) is 0 Å². The van der Waals surface area contributed by atoms with Crippen molar-refractivity contribution < 1.29 is 9.47 Å². The van der Waals surface area contributed by atoms with E-state index in [0.717, 1.165) is 55.2 Å². The number of rotatable bonds is 3. The number of para-hydroxylation sites is 1. The molecule has 160 valence electrons. The SMILES string of the molecule is c1ccc2sc(-c3c(Nc4nc5cc6c(cc5s4)OCO6)sc4c3CCCCC4)nc2c1. The average molecular weight is 478 g/mol. The van der Waals surface area contributed by atoms with Crippen LogP contribution in [0.3, 0.4) is 0 Å². The molecule has 0 atom stereocenters. The molecular formula is C24H19N3O2S3. The topological polar surface area (TPSA) is 56.3 Å². The molecule has 7 rings (SSSR count). The summed E-state index contributed by atoms with van der Waals surface area (Å²) in [6.07, 6.45) is 6.09. The van der Waals surface area contributed by atoms with Gasteiger partial charge in [-0.25, -0.2) is 9.97 Å². The van der Waals surface area contributed by atoms with Crippen LogP contribution in [0.4, 0.5) is 10.1 Å². The van der Waals surface area contributed by atoms with Crippen molar-refractivity contribution in [2.45, 2.75) is 32.1 Å². The molecule has 0 saturated carbocycles. The molecule has 1 N–H and O–H groups in total. The van der Waals surface area contributed by atoms with Crippen LogP contribution in [0.25, 0.3) is 31.0 Å². The molecule has 1 aliphatic carbocycles. The van der Waals surface area contributed by atoms with E-state index >= 15 is 0 Å². The fourth-order valence-electron chi connectivity index (χ4n) is 4.50. The summed E-state index contributed by atoms with van der Waals surface area (Å²) in [6.45, 7) is 0.282. The highest BCUT2D eigenvalue weighted by atomic mass is 32.1. The van der Waals surface area contributed by atoms with Gasteiger partial charge in [0.15, 0.2) is 16.6 Å². The minimum Gasteiger partial charge on any atom is -0.454 e. The zero-order chi connectivity index (χ0) is 21.1. The lowest BCUT2D eigenvalue weighted by Gasteiger charge is -2.05. The molecule has 0 bridgehead atoms.